The van der Waals surface area contributed by atoms with Crippen LogP contribution in [0.2, 0.25) is 5.02 Å². The van der Waals surface area contributed by atoms with Gasteiger partial charge in [-0.1, -0.05) is 54.1 Å². The van der Waals surface area contributed by atoms with Gasteiger partial charge in [0.25, 0.3) is 0 Å². The second-order valence-electron chi connectivity index (χ2n) is 5.28. The van der Waals surface area contributed by atoms with Crippen molar-refractivity contribution >= 4 is 11.6 Å². The topological polar surface area (TPSA) is 15.3 Å². The predicted octanol–water partition coefficient (Wildman–Crippen LogP) is 3.49. The van der Waals surface area contributed by atoms with Gasteiger partial charge >= 0.3 is 0 Å². The van der Waals surface area contributed by atoms with Crippen LogP contribution in [0.4, 0.5) is 0 Å². The number of piperazine rings is 1. The molecule has 0 unspecified atom stereocenters. The van der Waals surface area contributed by atoms with E-state index < -0.39 is 0 Å². The van der Waals surface area contributed by atoms with E-state index in [2.05, 4.69) is 52.7 Å². The van der Waals surface area contributed by atoms with Crippen molar-refractivity contribution in [1.82, 2.24) is 10.2 Å². The summed E-state index contributed by atoms with van der Waals surface area (Å²) in [4.78, 5) is 2.51. The number of nitrogens with one attached hydrogen (secondary N) is 1. The van der Waals surface area contributed by atoms with Gasteiger partial charge in [-0.15, -0.1) is 0 Å². The van der Waals surface area contributed by atoms with Crippen LogP contribution in [-0.4, -0.2) is 24.5 Å². The maximum atomic E-state index is 5.96. The van der Waals surface area contributed by atoms with Crippen molar-refractivity contribution in [2.24, 2.45) is 0 Å². The molecule has 1 N–H and O–H groups in total. The molecule has 0 bridgehead atoms. The molecular weight excluding hydrogens is 268 g/mol. The molecule has 1 saturated heterocycles. The second-order valence-corrected chi connectivity index (χ2v) is 5.72. The van der Waals surface area contributed by atoms with Gasteiger partial charge in [0.2, 0.25) is 0 Å². The Morgan fingerprint density at radius 2 is 1.80 bits per heavy atom. The van der Waals surface area contributed by atoms with Crippen molar-refractivity contribution in [2.75, 3.05) is 19.6 Å². The first kappa shape index (κ1) is 13.6. The zero-order chi connectivity index (χ0) is 13.8. The highest BCUT2D eigenvalue weighted by Gasteiger charge is 2.20. The summed E-state index contributed by atoms with van der Waals surface area (Å²) in [5.74, 6) is 0. The first-order valence-electron chi connectivity index (χ1n) is 7.06. The van der Waals surface area contributed by atoms with Gasteiger partial charge in [-0.05, 0) is 23.3 Å². The molecule has 3 rings (SSSR count). The van der Waals surface area contributed by atoms with Crippen molar-refractivity contribution in [3.63, 3.8) is 0 Å². The van der Waals surface area contributed by atoms with Gasteiger partial charge < -0.3 is 5.32 Å². The van der Waals surface area contributed by atoms with Crippen LogP contribution in [0.3, 0.4) is 0 Å². The first-order valence-corrected chi connectivity index (χ1v) is 7.44. The Bertz CT molecular complexity index is 539. The lowest BCUT2D eigenvalue weighted by molar-refractivity contribution is 0.193. The molecule has 1 heterocycles. The zero-order valence-corrected chi connectivity index (χ0v) is 12.2. The van der Waals surface area contributed by atoms with Crippen molar-refractivity contribution < 1.29 is 0 Å². The van der Waals surface area contributed by atoms with E-state index >= 15 is 0 Å². The summed E-state index contributed by atoms with van der Waals surface area (Å²) in [6, 6.07) is 19.2. The molecule has 1 aliphatic heterocycles. The van der Waals surface area contributed by atoms with E-state index in [1.54, 1.807) is 0 Å². The van der Waals surface area contributed by atoms with Crippen LogP contribution in [0, 0.1) is 0 Å². The average molecular weight is 287 g/mol. The molecule has 0 radical (unpaired) electrons. The van der Waals surface area contributed by atoms with Crippen LogP contribution in [0.15, 0.2) is 54.6 Å². The molecule has 1 fully saturated rings. The molecule has 3 heteroatoms. The van der Waals surface area contributed by atoms with E-state index in [-0.39, 0.29) is 0 Å². The molecule has 0 aromatic heterocycles. The fourth-order valence-corrected chi connectivity index (χ4v) is 2.84. The largest absolute Gasteiger partial charge is 0.308 e. The molecule has 2 aromatic carbocycles. The summed E-state index contributed by atoms with van der Waals surface area (Å²) in [5, 5.41) is 4.38. The van der Waals surface area contributed by atoms with Gasteiger partial charge in [-0.25, -0.2) is 0 Å². The van der Waals surface area contributed by atoms with Crippen LogP contribution in [0.25, 0.3) is 0 Å². The van der Waals surface area contributed by atoms with E-state index in [9.17, 15) is 0 Å². The molecule has 1 atom stereocenters. The highest BCUT2D eigenvalue weighted by Crippen LogP contribution is 2.20. The minimum absolute atomic E-state index is 0.393. The quantitative estimate of drug-likeness (QED) is 0.929. The lowest BCUT2D eigenvalue weighted by Crippen LogP contribution is -2.45. The molecule has 2 aromatic rings. The summed E-state index contributed by atoms with van der Waals surface area (Å²) in [6.45, 7) is 4.18. The number of hydrogen-bond acceptors (Lipinski definition) is 2. The van der Waals surface area contributed by atoms with Gasteiger partial charge in [0.15, 0.2) is 0 Å². The lowest BCUT2D eigenvalue weighted by atomic mass is 10.0. The fourth-order valence-electron chi connectivity index (χ4n) is 2.71. The van der Waals surface area contributed by atoms with Crippen molar-refractivity contribution in [3.05, 3.63) is 70.7 Å². The number of benzene rings is 2. The number of rotatable bonds is 3. The van der Waals surface area contributed by atoms with Gasteiger partial charge in [0.05, 0.1) is 0 Å². The van der Waals surface area contributed by atoms with Crippen molar-refractivity contribution in [3.8, 4) is 0 Å². The summed E-state index contributed by atoms with van der Waals surface area (Å²) in [7, 11) is 0. The SMILES string of the molecule is Clc1ccc([C@@H]2CN(Cc3ccccc3)CCN2)cc1. The zero-order valence-electron chi connectivity index (χ0n) is 11.4. The third kappa shape index (κ3) is 3.40. The Hall–Kier alpha value is -1.35. The standard InChI is InChI=1S/C17H19ClN2/c18-16-8-6-15(7-9-16)17-13-20(11-10-19-17)12-14-4-2-1-3-5-14/h1-9,17,19H,10-13H2/t17-/m0/s1. The number of hydrogen-bond donors (Lipinski definition) is 1. The van der Waals surface area contributed by atoms with E-state index in [1.165, 1.54) is 11.1 Å². The summed E-state index contributed by atoms with van der Waals surface area (Å²) >= 11 is 5.96. The number of halogens is 1. The van der Waals surface area contributed by atoms with Gasteiger partial charge in [-0.3, -0.25) is 4.90 Å². The molecule has 1 aliphatic rings. The van der Waals surface area contributed by atoms with E-state index in [0.717, 1.165) is 31.2 Å². The molecule has 2 nitrogen and oxygen atoms in total. The van der Waals surface area contributed by atoms with Crippen LogP contribution in [0.1, 0.15) is 17.2 Å². The third-order valence-corrected chi connectivity index (χ3v) is 4.03. The monoisotopic (exact) mass is 286 g/mol. The van der Waals surface area contributed by atoms with Gasteiger partial charge in [0, 0.05) is 37.2 Å². The van der Waals surface area contributed by atoms with E-state index in [4.69, 9.17) is 11.6 Å². The van der Waals surface area contributed by atoms with Crippen LogP contribution in [0.5, 0.6) is 0 Å². The highest BCUT2D eigenvalue weighted by molar-refractivity contribution is 6.30. The summed E-state index contributed by atoms with van der Waals surface area (Å²) < 4.78 is 0. The molecule has 0 amide bonds. The molecule has 20 heavy (non-hydrogen) atoms. The van der Waals surface area contributed by atoms with Crippen molar-refractivity contribution in [2.45, 2.75) is 12.6 Å². The predicted molar refractivity (Wildman–Crippen MR) is 83.9 cm³/mol. The molecular formula is C17H19ClN2. The van der Waals surface area contributed by atoms with E-state index in [0.29, 0.717) is 6.04 Å². The molecule has 0 aliphatic carbocycles. The minimum atomic E-state index is 0.393. The summed E-state index contributed by atoms with van der Waals surface area (Å²) in [5.41, 5.74) is 2.69. The lowest BCUT2D eigenvalue weighted by Gasteiger charge is -2.34. The fraction of sp³-hybridized carbons (Fsp3) is 0.294. The Kier molecular flexibility index (Phi) is 4.36. The van der Waals surface area contributed by atoms with Gasteiger partial charge in [-0.2, -0.15) is 0 Å². The minimum Gasteiger partial charge on any atom is -0.308 e. The molecule has 104 valence electrons. The van der Waals surface area contributed by atoms with Crippen LogP contribution < -0.4 is 5.32 Å². The Balaban J connectivity index is 1.66. The van der Waals surface area contributed by atoms with Gasteiger partial charge in [0.1, 0.15) is 0 Å². The molecule has 0 spiro atoms. The third-order valence-electron chi connectivity index (χ3n) is 3.78. The van der Waals surface area contributed by atoms with Crippen LogP contribution in [-0.2, 0) is 6.54 Å². The average Bonchev–Trinajstić information content (AvgIpc) is 2.49. The summed E-state index contributed by atoms with van der Waals surface area (Å²) in [6.07, 6.45) is 0. The maximum Gasteiger partial charge on any atom is 0.0449 e. The Morgan fingerprint density at radius 3 is 2.55 bits per heavy atom. The Labute approximate surface area is 125 Å². The highest BCUT2D eigenvalue weighted by atomic mass is 35.5. The first-order chi connectivity index (χ1) is 9.81. The van der Waals surface area contributed by atoms with Crippen molar-refractivity contribution in [1.29, 1.82) is 0 Å². The van der Waals surface area contributed by atoms with Crippen LogP contribution >= 0.6 is 11.6 Å². The second kappa shape index (κ2) is 6.40. The normalized spacial score (nSPS) is 19.9. The molecule has 0 saturated carbocycles. The maximum absolute atomic E-state index is 5.96. The Morgan fingerprint density at radius 1 is 1.05 bits per heavy atom. The number of nitrogens with zero attached hydrogens (tertiary/aromatic N) is 1. The van der Waals surface area contributed by atoms with E-state index in [1.807, 2.05) is 12.1 Å². The smallest absolute Gasteiger partial charge is 0.0449 e.